The van der Waals surface area contributed by atoms with Crippen LogP contribution >= 0.6 is 0 Å². The fourth-order valence-corrected chi connectivity index (χ4v) is 2.19. The molecule has 0 aliphatic rings. The number of amides is 1. The molecule has 2 rings (SSSR count). The summed E-state index contributed by atoms with van der Waals surface area (Å²) in [5, 5.41) is 9.06. The molecule has 0 saturated carbocycles. The first kappa shape index (κ1) is 17.4. The van der Waals surface area contributed by atoms with Crippen LogP contribution in [0, 0.1) is 0 Å². The molecule has 0 aliphatic carbocycles. The van der Waals surface area contributed by atoms with E-state index in [1.165, 1.54) is 12.3 Å². The average molecular weight is 329 g/mol. The summed E-state index contributed by atoms with van der Waals surface area (Å²) in [6.07, 6.45) is 1.22. The Balaban J connectivity index is 2.38. The van der Waals surface area contributed by atoms with E-state index in [9.17, 15) is 14.4 Å². The number of rotatable bonds is 4. The van der Waals surface area contributed by atoms with Crippen LogP contribution in [-0.2, 0) is 10.2 Å². The zero-order valence-electron chi connectivity index (χ0n) is 13.7. The summed E-state index contributed by atoms with van der Waals surface area (Å²) in [6, 6.07) is 8.35. The van der Waals surface area contributed by atoms with E-state index in [2.05, 4.69) is 30.7 Å². The van der Waals surface area contributed by atoms with Crippen LogP contribution < -0.4 is 10.6 Å². The van der Waals surface area contributed by atoms with Crippen LogP contribution in [0.2, 0.25) is 0 Å². The number of anilines is 1. The quantitative estimate of drug-likeness (QED) is 0.890. The van der Waals surface area contributed by atoms with E-state index in [4.69, 9.17) is 5.11 Å². The van der Waals surface area contributed by atoms with E-state index in [1.807, 2.05) is 12.1 Å². The molecule has 0 spiro atoms. The topological polar surface area (TPSA) is 103 Å². The Morgan fingerprint density at radius 3 is 2.29 bits per heavy atom. The Morgan fingerprint density at radius 2 is 1.79 bits per heavy atom. The number of aliphatic carboxylic acids is 1. The van der Waals surface area contributed by atoms with Gasteiger partial charge in [0.1, 0.15) is 12.4 Å². The molecule has 0 bridgehead atoms. The Morgan fingerprint density at radius 1 is 1.17 bits per heavy atom. The highest BCUT2D eigenvalue weighted by molar-refractivity contribution is 6.07. The lowest BCUT2D eigenvalue weighted by Gasteiger charge is -2.22. The number of H-pyrrole nitrogens is 1. The van der Waals surface area contributed by atoms with Crippen LogP contribution in [0.5, 0.6) is 0 Å². The molecule has 126 valence electrons. The van der Waals surface area contributed by atoms with Crippen molar-refractivity contribution in [3.8, 4) is 0 Å². The third-order valence-electron chi connectivity index (χ3n) is 3.49. The van der Waals surface area contributed by atoms with Gasteiger partial charge in [0.05, 0.1) is 0 Å². The maximum Gasteiger partial charge on any atom is 0.346 e. The van der Waals surface area contributed by atoms with Crippen molar-refractivity contribution < 1.29 is 14.7 Å². The summed E-state index contributed by atoms with van der Waals surface area (Å²) in [5.41, 5.74) is 0.681. The zero-order chi connectivity index (χ0) is 17.9. The van der Waals surface area contributed by atoms with Gasteiger partial charge in [-0.05, 0) is 29.2 Å². The van der Waals surface area contributed by atoms with E-state index >= 15 is 0 Å². The average Bonchev–Trinajstić information content (AvgIpc) is 2.51. The molecule has 7 heteroatoms. The Kier molecular flexibility index (Phi) is 4.82. The largest absolute Gasteiger partial charge is 0.480 e. The Hall–Kier alpha value is -2.96. The summed E-state index contributed by atoms with van der Waals surface area (Å²) < 4.78 is 0. The minimum Gasteiger partial charge on any atom is -0.480 e. The number of carboxylic acids is 1. The summed E-state index contributed by atoms with van der Waals surface area (Å²) in [6.45, 7) is 5.60. The predicted molar refractivity (Wildman–Crippen MR) is 89.3 cm³/mol. The van der Waals surface area contributed by atoms with Gasteiger partial charge in [-0.3, -0.25) is 19.5 Å². The van der Waals surface area contributed by atoms with Gasteiger partial charge >= 0.3 is 11.7 Å². The predicted octanol–water partition coefficient (Wildman–Crippen LogP) is 1.80. The maximum atomic E-state index is 12.7. The summed E-state index contributed by atoms with van der Waals surface area (Å²) >= 11 is 0. The fourth-order valence-electron chi connectivity index (χ4n) is 2.19. The summed E-state index contributed by atoms with van der Waals surface area (Å²) in [4.78, 5) is 42.0. The van der Waals surface area contributed by atoms with Gasteiger partial charge in [0.2, 0.25) is 0 Å². The second-order valence-corrected chi connectivity index (χ2v) is 6.37. The monoisotopic (exact) mass is 329 g/mol. The highest BCUT2D eigenvalue weighted by Crippen LogP contribution is 2.23. The van der Waals surface area contributed by atoms with Crippen molar-refractivity contribution in [1.29, 1.82) is 0 Å². The molecule has 7 nitrogen and oxygen atoms in total. The lowest BCUT2D eigenvalue weighted by molar-refractivity contribution is -0.135. The first-order valence-electron chi connectivity index (χ1n) is 7.38. The lowest BCUT2D eigenvalue weighted by Crippen LogP contribution is -2.37. The molecule has 0 unspecified atom stereocenters. The molecule has 2 N–H and O–H groups in total. The summed E-state index contributed by atoms with van der Waals surface area (Å²) in [7, 11) is 0. The van der Waals surface area contributed by atoms with Crippen molar-refractivity contribution >= 4 is 17.7 Å². The van der Waals surface area contributed by atoms with E-state index in [1.54, 1.807) is 12.1 Å². The standard InChI is InChI=1S/C17H19N3O4/c1-17(2,3)12-6-4-11(5-7-12)15(23)20(10-14(21)22)13-8-9-18-16(24)19-13/h4-9H,10H2,1-3H3,(H,21,22)(H,18,19,24). The third kappa shape index (κ3) is 4.07. The second-order valence-electron chi connectivity index (χ2n) is 6.37. The van der Waals surface area contributed by atoms with E-state index in [0.29, 0.717) is 5.56 Å². The van der Waals surface area contributed by atoms with E-state index in [-0.39, 0.29) is 11.2 Å². The number of aromatic nitrogens is 2. The van der Waals surface area contributed by atoms with Gasteiger partial charge < -0.3 is 5.11 Å². The molecule has 0 fully saturated rings. The van der Waals surface area contributed by atoms with E-state index in [0.717, 1.165) is 10.5 Å². The van der Waals surface area contributed by atoms with Gasteiger partial charge in [-0.15, -0.1) is 0 Å². The van der Waals surface area contributed by atoms with Crippen molar-refractivity contribution in [2.75, 3.05) is 11.4 Å². The molecule has 1 amide bonds. The van der Waals surface area contributed by atoms with Gasteiger partial charge in [-0.1, -0.05) is 32.9 Å². The van der Waals surface area contributed by atoms with Gasteiger partial charge in [0.25, 0.3) is 5.91 Å². The van der Waals surface area contributed by atoms with Crippen molar-refractivity contribution in [2.45, 2.75) is 26.2 Å². The van der Waals surface area contributed by atoms with Crippen molar-refractivity contribution in [3.63, 3.8) is 0 Å². The molecule has 24 heavy (non-hydrogen) atoms. The van der Waals surface area contributed by atoms with Crippen molar-refractivity contribution in [3.05, 3.63) is 58.1 Å². The smallest absolute Gasteiger partial charge is 0.346 e. The van der Waals surface area contributed by atoms with Crippen LogP contribution in [0.4, 0.5) is 5.82 Å². The Labute approximate surface area is 139 Å². The number of carbonyl (C=O) groups excluding carboxylic acids is 1. The number of carboxylic acid groups (broad SMARTS) is 1. The SMILES string of the molecule is CC(C)(C)c1ccc(C(=O)N(CC(=O)O)c2ccnc(=O)[nH]2)cc1. The molecule has 1 heterocycles. The third-order valence-corrected chi connectivity index (χ3v) is 3.49. The first-order valence-corrected chi connectivity index (χ1v) is 7.38. The van der Waals surface area contributed by atoms with Gasteiger partial charge in [0.15, 0.2) is 0 Å². The van der Waals surface area contributed by atoms with Crippen molar-refractivity contribution in [2.24, 2.45) is 0 Å². The molecular weight excluding hydrogens is 310 g/mol. The molecule has 1 aromatic carbocycles. The molecule has 0 aliphatic heterocycles. The minimum atomic E-state index is -1.19. The van der Waals surface area contributed by atoms with Crippen molar-refractivity contribution in [1.82, 2.24) is 9.97 Å². The number of hydrogen-bond donors (Lipinski definition) is 2. The fraction of sp³-hybridized carbons (Fsp3) is 0.294. The highest BCUT2D eigenvalue weighted by atomic mass is 16.4. The normalized spacial score (nSPS) is 11.1. The highest BCUT2D eigenvalue weighted by Gasteiger charge is 2.22. The first-order chi connectivity index (χ1) is 11.2. The van der Waals surface area contributed by atoms with Crippen LogP contribution in [0.15, 0.2) is 41.3 Å². The second kappa shape index (κ2) is 6.66. The van der Waals surface area contributed by atoms with Gasteiger partial charge in [-0.2, -0.15) is 0 Å². The molecular formula is C17H19N3O4. The molecule has 2 aromatic rings. The minimum absolute atomic E-state index is 0.0569. The number of carbonyl (C=O) groups is 2. The number of benzene rings is 1. The zero-order valence-corrected chi connectivity index (χ0v) is 13.7. The van der Waals surface area contributed by atoms with Gasteiger partial charge in [0, 0.05) is 11.8 Å². The lowest BCUT2D eigenvalue weighted by atomic mass is 9.86. The van der Waals surface area contributed by atoms with Crippen LogP contribution in [-0.4, -0.2) is 33.5 Å². The number of aromatic amines is 1. The van der Waals surface area contributed by atoms with Crippen LogP contribution in [0.3, 0.4) is 0 Å². The van der Waals surface area contributed by atoms with Crippen LogP contribution in [0.1, 0.15) is 36.7 Å². The number of nitrogens with one attached hydrogen (secondary N) is 1. The molecule has 1 aromatic heterocycles. The molecule has 0 atom stereocenters. The van der Waals surface area contributed by atoms with Gasteiger partial charge in [-0.25, -0.2) is 9.78 Å². The maximum absolute atomic E-state index is 12.7. The molecule has 0 radical (unpaired) electrons. The van der Waals surface area contributed by atoms with Crippen LogP contribution in [0.25, 0.3) is 0 Å². The van der Waals surface area contributed by atoms with E-state index < -0.39 is 24.1 Å². The molecule has 0 saturated heterocycles. The number of hydrogen-bond acceptors (Lipinski definition) is 4. The Bertz CT molecular complexity index is 804. The summed E-state index contributed by atoms with van der Waals surface area (Å²) in [5.74, 6) is -1.62. The number of nitrogens with zero attached hydrogens (tertiary/aromatic N) is 2.